The van der Waals surface area contributed by atoms with E-state index in [1.54, 1.807) is 14.0 Å². The van der Waals surface area contributed by atoms with Gasteiger partial charge in [0.1, 0.15) is 0 Å². The van der Waals surface area contributed by atoms with Crippen LogP contribution in [0.5, 0.6) is 0 Å². The summed E-state index contributed by atoms with van der Waals surface area (Å²) in [5.41, 5.74) is 2.59. The van der Waals surface area contributed by atoms with E-state index in [-0.39, 0.29) is 5.91 Å². The number of likely N-dealkylation sites (tertiary alicyclic amines) is 1. The molecule has 156 valence electrons. The number of aromatic nitrogens is 1. The lowest BCUT2D eigenvalue weighted by Gasteiger charge is -2.41. The molecule has 0 spiro atoms. The van der Waals surface area contributed by atoms with Crippen LogP contribution in [0.15, 0.2) is 54.9 Å². The molecule has 0 unspecified atom stereocenters. The highest BCUT2D eigenvalue weighted by Crippen LogP contribution is 2.28. The van der Waals surface area contributed by atoms with Gasteiger partial charge in [-0.1, -0.05) is 36.4 Å². The molecule has 0 bridgehead atoms. The maximum Gasteiger partial charge on any atom is 0.219 e. The van der Waals surface area contributed by atoms with Crippen molar-refractivity contribution in [2.24, 2.45) is 5.92 Å². The minimum atomic E-state index is 0.189. The predicted octanol–water partition coefficient (Wildman–Crippen LogP) is 3.40. The van der Waals surface area contributed by atoms with E-state index in [0.29, 0.717) is 18.6 Å². The summed E-state index contributed by atoms with van der Waals surface area (Å²) in [6, 6.07) is 15.3. The van der Waals surface area contributed by atoms with Crippen molar-refractivity contribution in [1.29, 1.82) is 0 Å². The van der Waals surface area contributed by atoms with Gasteiger partial charge in [0.15, 0.2) is 0 Å². The fourth-order valence-corrected chi connectivity index (χ4v) is 4.35. The Morgan fingerprint density at radius 1 is 1.17 bits per heavy atom. The second kappa shape index (κ2) is 11.1. The first kappa shape index (κ1) is 21.5. The first-order chi connectivity index (χ1) is 14.2. The summed E-state index contributed by atoms with van der Waals surface area (Å²) in [5.74, 6) is 0.744. The summed E-state index contributed by atoms with van der Waals surface area (Å²) < 4.78 is 5.44. The quantitative estimate of drug-likeness (QED) is 0.653. The smallest absolute Gasteiger partial charge is 0.219 e. The fraction of sp³-hybridized carbons (Fsp3) is 0.500. The van der Waals surface area contributed by atoms with Gasteiger partial charge in [0, 0.05) is 58.6 Å². The summed E-state index contributed by atoms with van der Waals surface area (Å²) in [6.07, 6.45) is 6.89. The lowest BCUT2D eigenvalue weighted by molar-refractivity contribution is -0.130. The maximum atomic E-state index is 11.8. The second-order valence-corrected chi connectivity index (χ2v) is 7.93. The Bertz CT molecular complexity index is 730. The highest BCUT2D eigenvalue weighted by Gasteiger charge is 2.31. The van der Waals surface area contributed by atoms with E-state index in [1.807, 2.05) is 23.4 Å². The van der Waals surface area contributed by atoms with Gasteiger partial charge < -0.3 is 9.64 Å². The van der Waals surface area contributed by atoms with Crippen molar-refractivity contribution < 1.29 is 9.53 Å². The van der Waals surface area contributed by atoms with E-state index < -0.39 is 0 Å². The summed E-state index contributed by atoms with van der Waals surface area (Å²) in [5, 5.41) is 0. The minimum Gasteiger partial charge on any atom is -0.383 e. The number of benzene rings is 1. The van der Waals surface area contributed by atoms with E-state index in [9.17, 15) is 4.79 Å². The number of carbonyl (C=O) groups excluding carboxylic acids is 1. The summed E-state index contributed by atoms with van der Waals surface area (Å²) in [6.45, 7) is 5.84. The minimum absolute atomic E-state index is 0.189. The van der Waals surface area contributed by atoms with E-state index in [4.69, 9.17) is 4.74 Å². The molecule has 1 aliphatic heterocycles. The number of rotatable bonds is 9. The lowest BCUT2D eigenvalue weighted by Crippen LogP contribution is -2.48. The van der Waals surface area contributed by atoms with Crippen molar-refractivity contribution in [3.05, 3.63) is 66.0 Å². The van der Waals surface area contributed by atoms with Gasteiger partial charge in [0.2, 0.25) is 5.91 Å². The SMILES string of the molecule is COCCN(Cc1cccnc1)[C@@H](Cc1ccccc1)C1CCN(C(C)=O)CC1. The van der Waals surface area contributed by atoms with Gasteiger partial charge in [0.25, 0.3) is 0 Å². The number of amides is 1. The van der Waals surface area contributed by atoms with Crippen LogP contribution in [0.25, 0.3) is 0 Å². The van der Waals surface area contributed by atoms with Gasteiger partial charge in [-0.15, -0.1) is 0 Å². The molecule has 2 aromatic rings. The van der Waals surface area contributed by atoms with Gasteiger partial charge >= 0.3 is 0 Å². The van der Waals surface area contributed by atoms with E-state index in [2.05, 4.69) is 46.3 Å². The first-order valence-electron chi connectivity index (χ1n) is 10.6. The molecular formula is C24H33N3O2. The number of carbonyl (C=O) groups is 1. The molecule has 29 heavy (non-hydrogen) atoms. The van der Waals surface area contributed by atoms with Crippen molar-refractivity contribution in [3.63, 3.8) is 0 Å². The maximum absolute atomic E-state index is 11.8. The standard InChI is InChI=1S/C24H33N3O2/c1-20(28)26-13-10-23(11-14-26)24(17-21-7-4-3-5-8-21)27(15-16-29-2)19-22-9-6-12-25-18-22/h3-9,12,18,23-24H,10-11,13-17,19H2,1-2H3/t24-/m0/s1. The van der Waals surface area contributed by atoms with Gasteiger partial charge in [-0.2, -0.15) is 0 Å². The Hall–Kier alpha value is -2.24. The zero-order valence-corrected chi connectivity index (χ0v) is 17.7. The summed E-state index contributed by atoms with van der Waals surface area (Å²) >= 11 is 0. The highest BCUT2D eigenvalue weighted by atomic mass is 16.5. The van der Waals surface area contributed by atoms with Crippen molar-refractivity contribution in [2.45, 2.75) is 38.8 Å². The largest absolute Gasteiger partial charge is 0.383 e. The van der Waals surface area contributed by atoms with E-state index in [0.717, 1.165) is 45.4 Å². The number of methoxy groups -OCH3 is 1. The van der Waals surface area contributed by atoms with Gasteiger partial charge in [-0.05, 0) is 42.4 Å². The molecule has 0 radical (unpaired) electrons. The van der Waals surface area contributed by atoms with Crippen LogP contribution in [0, 0.1) is 5.92 Å². The third-order valence-electron chi connectivity index (χ3n) is 5.98. The van der Waals surface area contributed by atoms with Crippen LogP contribution in [-0.2, 0) is 22.5 Å². The number of hydrogen-bond donors (Lipinski definition) is 0. The van der Waals surface area contributed by atoms with Crippen LogP contribution in [0.2, 0.25) is 0 Å². The number of nitrogens with zero attached hydrogens (tertiary/aromatic N) is 3. The molecule has 3 rings (SSSR count). The zero-order chi connectivity index (χ0) is 20.5. The zero-order valence-electron chi connectivity index (χ0n) is 17.7. The number of piperidine rings is 1. The second-order valence-electron chi connectivity index (χ2n) is 7.93. The Balaban J connectivity index is 1.80. The van der Waals surface area contributed by atoms with Crippen LogP contribution < -0.4 is 0 Å². The molecule has 0 N–H and O–H groups in total. The van der Waals surface area contributed by atoms with Crippen molar-refractivity contribution in [1.82, 2.24) is 14.8 Å². The lowest BCUT2D eigenvalue weighted by atomic mass is 9.84. The van der Waals surface area contributed by atoms with E-state index >= 15 is 0 Å². The molecule has 1 amide bonds. The van der Waals surface area contributed by atoms with Crippen LogP contribution in [0.4, 0.5) is 0 Å². The number of pyridine rings is 1. The molecule has 1 saturated heterocycles. The Morgan fingerprint density at radius 2 is 1.90 bits per heavy atom. The molecule has 1 aromatic heterocycles. The average molecular weight is 396 g/mol. The third kappa shape index (κ3) is 6.38. The number of hydrogen-bond acceptors (Lipinski definition) is 4. The number of ether oxygens (including phenoxy) is 1. The van der Waals surface area contributed by atoms with Gasteiger partial charge in [-0.3, -0.25) is 14.7 Å². The molecule has 2 heterocycles. The van der Waals surface area contributed by atoms with Crippen molar-refractivity contribution in [2.75, 3.05) is 33.4 Å². The average Bonchev–Trinajstić information content (AvgIpc) is 2.76. The monoisotopic (exact) mass is 395 g/mol. The highest BCUT2D eigenvalue weighted by molar-refractivity contribution is 5.73. The predicted molar refractivity (Wildman–Crippen MR) is 115 cm³/mol. The normalized spacial score (nSPS) is 16.2. The molecular weight excluding hydrogens is 362 g/mol. The van der Waals surface area contributed by atoms with Crippen LogP contribution in [0.1, 0.15) is 30.9 Å². The van der Waals surface area contributed by atoms with Gasteiger partial charge in [0.05, 0.1) is 6.61 Å². The van der Waals surface area contributed by atoms with Crippen molar-refractivity contribution >= 4 is 5.91 Å². The van der Waals surface area contributed by atoms with Crippen LogP contribution in [-0.4, -0.2) is 60.1 Å². The Labute approximate surface area is 174 Å². The topological polar surface area (TPSA) is 45.7 Å². The summed E-state index contributed by atoms with van der Waals surface area (Å²) in [7, 11) is 1.76. The van der Waals surface area contributed by atoms with E-state index in [1.165, 1.54) is 11.1 Å². The molecule has 1 fully saturated rings. The molecule has 1 aliphatic rings. The Kier molecular flexibility index (Phi) is 8.20. The third-order valence-corrected chi connectivity index (χ3v) is 5.98. The molecule has 5 heteroatoms. The van der Waals surface area contributed by atoms with Crippen LogP contribution >= 0.6 is 0 Å². The molecule has 1 atom stereocenters. The molecule has 5 nitrogen and oxygen atoms in total. The molecule has 1 aromatic carbocycles. The molecule has 0 saturated carbocycles. The summed E-state index contributed by atoms with van der Waals surface area (Å²) in [4.78, 5) is 20.6. The first-order valence-corrected chi connectivity index (χ1v) is 10.6. The van der Waals surface area contributed by atoms with Crippen molar-refractivity contribution in [3.8, 4) is 0 Å². The van der Waals surface area contributed by atoms with Crippen LogP contribution in [0.3, 0.4) is 0 Å². The Morgan fingerprint density at radius 3 is 2.52 bits per heavy atom. The fourth-order valence-electron chi connectivity index (χ4n) is 4.35. The van der Waals surface area contributed by atoms with Gasteiger partial charge in [-0.25, -0.2) is 0 Å². The molecule has 0 aliphatic carbocycles.